The molecule has 0 aromatic heterocycles. The van der Waals surface area contributed by atoms with Crippen LogP contribution in [0.3, 0.4) is 0 Å². The molecule has 2 N–H and O–H groups in total. The van der Waals surface area contributed by atoms with Crippen molar-refractivity contribution in [2.75, 3.05) is 6.54 Å². The van der Waals surface area contributed by atoms with Gasteiger partial charge in [-0.05, 0) is 50.1 Å². The minimum atomic E-state index is -1.35. The summed E-state index contributed by atoms with van der Waals surface area (Å²) in [5, 5.41) is 0. The number of hydrogen-bond donors (Lipinski definition) is 1. The van der Waals surface area contributed by atoms with Crippen LogP contribution in [0.1, 0.15) is 67.7 Å². The fourth-order valence-corrected chi connectivity index (χ4v) is 3.75. The quantitative estimate of drug-likeness (QED) is 0.129. The zero-order valence-corrected chi connectivity index (χ0v) is 23.0. The summed E-state index contributed by atoms with van der Waals surface area (Å²) >= 11 is 0. The molecule has 0 aliphatic carbocycles. The van der Waals surface area contributed by atoms with Gasteiger partial charge in [0.05, 0.1) is 17.2 Å². The normalized spacial score (nSPS) is 11.0. The average molecular weight is 571 g/mol. The summed E-state index contributed by atoms with van der Waals surface area (Å²) in [6, 6.07) is 6.22. The lowest BCUT2D eigenvalue weighted by atomic mass is 10.0. The largest absolute Gasteiger partial charge is 0.423 e. The highest BCUT2D eigenvalue weighted by molar-refractivity contribution is 6.14. The summed E-state index contributed by atoms with van der Waals surface area (Å²) in [7, 11) is 0. The highest BCUT2D eigenvalue weighted by Crippen LogP contribution is 2.36. The third-order valence-electron chi connectivity index (χ3n) is 5.30. The Balaban J connectivity index is 2.80. The molecule has 0 spiro atoms. The molecule has 2 aromatic carbocycles. The van der Waals surface area contributed by atoms with Crippen molar-refractivity contribution in [2.24, 2.45) is 5.73 Å². The SMILES string of the molecule is CC(=O)Oc1cccc(C(=O)N(C(=O)c2cccc(OC(C)=O)c2OC(C)=O)[C@H](C=O)CCCCN)c1OC(C)=O. The van der Waals surface area contributed by atoms with Crippen LogP contribution in [0, 0.1) is 0 Å². The second kappa shape index (κ2) is 15.0. The number of ether oxygens (including phenoxy) is 4. The number of carbonyl (C=O) groups excluding carboxylic acids is 7. The van der Waals surface area contributed by atoms with Crippen molar-refractivity contribution in [2.45, 2.75) is 53.0 Å². The Hall–Kier alpha value is -4.91. The number of hydrogen-bond acceptors (Lipinski definition) is 12. The van der Waals surface area contributed by atoms with Crippen molar-refractivity contribution in [3.05, 3.63) is 47.5 Å². The van der Waals surface area contributed by atoms with E-state index in [2.05, 4.69) is 0 Å². The number of esters is 4. The molecule has 218 valence electrons. The molecule has 2 aromatic rings. The highest BCUT2D eigenvalue weighted by Gasteiger charge is 2.36. The predicted octanol–water partition coefficient (Wildman–Crippen LogP) is 2.37. The van der Waals surface area contributed by atoms with Crippen LogP contribution in [-0.2, 0) is 24.0 Å². The van der Waals surface area contributed by atoms with Crippen molar-refractivity contribution in [1.82, 2.24) is 4.90 Å². The number of nitrogens with two attached hydrogens (primary N) is 1. The van der Waals surface area contributed by atoms with Gasteiger partial charge in [-0.1, -0.05) is 12.1 Å². The first-order chi connectivity index (χ1) is 19.4. The Labute approximate surface area is 235 Å². The zero-order chi connectivity index (χ0) is 30.7. The minimum absolute atomic E-state index is 0.0112. The Morgan fingerprint density at radius 1 is 0.707 bits per heavy atom. The van der Waals surface area contributed by atoms with E-state index in [9.17, 15) is 33.6 Å². The van der Waals surface area contributed by atoms with E-state index in [4.69, 9.17) is 24.7 Å². The molecular weight excluding hydrogens is 540 g/mol. The maximum atomic E-state index is 14.0. The van der Waals surface area contributed by atoms with E-state index in [-0.39, 0.29) is 35.6 Å². The molecule has 0 heterocycles. The number of para-hydroxylation sites is 2. The van der Waals surface area contributed by atoms with E-state index < -0.39 is 53.2 Å². The third-order valence-corrected chi connectivity index (χ3v) is 5.30. The molecule has 41 heavy (non-hydrogen) atoms. The monoisotopic (exact) mass is 570 g/mol. The molecule has 0 radical (unpaired) electrons. The summed E-state index contributed by atoms with van der Waals surface area (Å²) < 4.78 is 20.5. The summed E-state index contributed by atoms with van der Waals surface area (Å²) in [6.45, 7) is 4.57. The lowest BCUT2D eigenvalue weighted by molar-refractivity contribution is -0.134. The second-order valence-corrected chi connectivity index (χ2v) is 8.61. The van der Waals surface area contributed by atoms with Crippen LogP contribution in [-0.4, -0.2) is 59.5 Å². The molecule has 0 bridgehead atoms. The molecule has 0 aliphatic heterocycles. The van der Waals surface area contributed by atoms with E-state index in [1.165, 1.54) is 36.4 Å². The number of amides is 2. The van der Waals surface area contributed by atoms with E-state index in [0.717, 1.165) is 27.7 Å². The van der Waals surface area contributed by atoms with Crippen molar-refractivity contribution in [3.8, 4) is 23.0 Å². The van der Waals surface area contributed by atoms with Crippen LogP contribution in [0.2, 0.25) is 0 Å². The summed E-state index contributed by atoms with van der Waals surface area (Å²) in [4.78, 5) is 88.0. The molecule has 2 rings (SSSR count). The van der Waals surface area contributed by atoms with E-state index in [1.54, 1.807) is 0 Å². The maximum Gasteiger partial charge on any atom is 0.308 e. The maximum absolute atomic E-state index is 14.0. The fourth-order valence-electron chi connectivity index (χ4n) is 3.75. The van der Waals surface area contributed by atoms with Crippen LogP contribution >= 0.6 is 0 Å². The first-order valence-electron chi connectivity index (χ1n) is 12.4. The van der Waals surface area contributed by atoms with Gasteiger partial charge in [-0.25, -0.2) is 0 Å². The zero-order valence-electron chi connectivity index (χ0n) is 23.0. The van der Waals surface area contributed by atoms with Gasteiger partial charge in [-0.3, -0.25) is 33.7 Å². The van der Waals surface area contributed by atoms with E-state index in [1.807, 2.05) is 0 Å². The molecule has 0 aliphatic rings. The third kappa shape index (κ3) is 8.80. The van der Waals surface area contributed by atoms with Gasteiger partial charge in [-0.15, -0.1) is 0 Å². The Kier molecular flexibility index (Phi) is 11.8. The fraction of sp³-hybridized carbons (Fsp3) is 0.321. The summed E-state index contributed by atoms with van der Waals surface area (Å²) in [5.41, 5.74) is 4.79. The van der Waals surface area contributed by atoms with Gasteiger partial charge >= 0.3 is 23.9 Å². The molecule has 1 atom stereocenters. The summed E-state index contributed by atoms with van der Waals surface area (Å²) in [5.74, 6) is -6.97. The molecule has 0 unspecified atom stereocenters. The van der Waals surface area contributed by atoms with Crippen molar-refractivity contribution in [1.29, 1.82) is 0 Å². The number of carbonyl (C=O) groups is 7. The molecule has 0 fully saturated rings. The first-order valence-corrected chi connectivity index (χ1v) is 12.4. The molecule has 13 heteroatoms. The highest BCUT2D eigenvalue weighted by atomic mass is 16.6. The van der Waals surface area contributed by atoms with Crippen molar-refractivity contribution in [3.63, 3.8) is 0 Å². The van der Waals surface area contributed by atoms with Gasteiger partial charge in [0.15, 0.2) is 23.0 Å². The van der Waals surface area contributed by atoms with Crippen molar-refractivity contribution >= 4 is 42.0 Å². The molecule has 0 saturated carbocycles. The van der Waals surface area contributed by atoms with Crippen LogP contribution in [0.25, 0.3) is 0 Å². The number of rotatable bonds is 12. The van der Waals surface area contributed by atoms with E-state index in [0.29, 0.717) is 24.0 Å². The number of benzene rings is 2. The number of nitrogens with zero attached hydrogens (tertiary/aromatic N) is 1. The van der Waals surface area contributed by atoms with Crippen LogP contribution < -0.4 is 24.7 Å². The van der Waals surface area contributed by atoms with Gasteiger partial charge in [0.2, 0.25) is 0 Å². The van der Waals surface area contributed by atoms with Gasteiger partial charge in [0.1, 0.15) is 6.29 Å². The lowest BCUT2D eigenvalue weighted by Crippen LogP contribution is -2.46. The number of imide groups is 1. The number of aldehydes is 1. The van der Waals surface area contributed by atoms with Crippen LogP contribution in [0.4, 0.5) is 0 Å². The Morgan fingerprint density at radius 2 is 1.12 bits per heavy atom. The van der Waals surface area contributed by atoms with Crippen molar-refractivity contribution < 1.29 is 52.5 Å². The van der Waals surface area contributed by atoms with Gasteiger partial charge in [0.25, 0.3) is 11.8 Å². The van der Waals surface area contributed by atoms with Crippen LogP contribution in [0.5, 0.6) is 23.0 Å². The summed E-state index contributed by atoms with van der Waals surface area (Å²) in [6.07, 6.45) is 1.22. The minimum Gasteiger partial charge on any atom is -0.423 e. The van der Waals surface area contributed by atoms with Gasteiger partial charge in [-0.2, -0.15) is 0 Å². The first kappa shape index (κ1) is 32.3. The van der Waals surface area contributed by atoms with E-state index >= 15 is 0 Å². The van der Waals surface area contributed by atoms with Gasteiger partial charge < -0.3 is 29.5 Å². The molecule has 13 nitrogen and oxygen atoms in total. The Morgan fingerprint density at radius 3 is 1.46 bits per heavy atom. The molecule has 0 saturated heterocycles. The van der Waals surface area contributed by atoms with Gasteiger partial charge in [0, 0.05) is 27.7 Å². The molecule has 2 amide bonds. The second-order valence-electron chi connectivity index (χ2n) is 8.61. The predicted molar refractivity (Wildman–Crippen MR) is 141 cm³/mol. The average Bonchev–Trinajstić information content (AvgIpc) is 2.88. The smallest absolute Gasteiger partial charge is 0.308 e. The number of unbranched alkanes of at least 4 members (excludes halogenated alkanes) is 1. The standard InChI is InChI=1S/C28H30N2O11/c1-16(32)38-23-12-7-10-21(25(23)40-18(3)34)27(36)30(20(15-31)9-5-6-14-29)28(37)22-11-8-13-24(39-17(2)33)26(22)41-19(4)35/h7-8,10-13,15,20H,5-6,9,14,29H2,1-4H3/t20-/m0/s1. The molecular formula is C28H30N2O11. The Bertz CT molecular complexity index is 1260. The lowest BCUT2D eigenvalue weighted by Gasteiger charge is -2.28. The van der Waals surface area contributed by atoms with Crippen LogP contribution in [0.15, 0.2) is 36.4 Å². The topological polar surface area (TPSA) is 186 Å².